The van der Waals surface area contributed by atoms with Gasteiger partial charge < -0.3 is 9.30 Å². The van der Waals surface area contributed by atoms with Crippen molar-refractivity contribution in [2.75, 3.05) is 7.11 Å². The molecule has 0 unspecified atom stereocenters. The number of nitro groups is 1. The van der Waals surface area contributed by atoms with Crippen LogP contribution in [-0.2, 0) is 11.8 Å². The number of carbonyl (C=O) groups is 1. The Morgan fingerprint density at radius 2 is 1.83 bits per heavy atom. The van der Waals surface area contributed by atoms with E-state index >= 15 is 0 Å². The smallest absolute Gasteiger partial charge is 0.337 e. The summed E-state index contributed by atoms with van der Waals surface area (Å²) in [6.45, 7) is 0. The van der Waals surface area contributed by atoms with Crippen molar-refractivity contribution < 1.29 is 14.5 Å². The first kappa shape index (κ1) is 18.9. The highest BCUT2D eigenvalue weighted by Crippen LogP contribution is 2.31. The van der Waals surface area contributed by atoms with E-state index in [9.17, 15) is 25.0 Å². The fraction of sp³-hybridized carbons (Fsp3) is 0.0952. The van der Waals surface area contributed by atoms with Crippen LogP contribution < -0.4 is 5.56 Å². The highest BCUT2D eigenvalue weighted by molar-refractivity contribution is 6.09. The van der Waals surface area contributed by atoms with Crippen LogP contribution in [0.4, 0.5) is 5.69 Å². The van der Waals surface area contributed by atoms with Gasteiger partial charge in [0.15, 0.2) is 0 Å². The molecule has 4 rings (SSSR count). The van der Waals surface area contributed by atoms with Gasteiger partial charge >= 0.3 is 5.97 Å². The zero-order valence-electron chi connectivity index (χ0n) is 15.9. The maximum absolute atomic E-state index is 13.1. The molecule has 0 atom stereocenters. The fourth-order valence-electron chi connectivity index (χ4n) is 3.56. The zero-order chi connectivity index (χ0) is 21.6. The van der Waals surface area contributed by atoms with E-state index in [0.29, 0.717) is 27.7 Å². The summed E-state index contributed by atoms with van der Waals surface area (Å²) < 4.78 is 7.94. The number of rotatable bonds is 3. The lowest BCUT2D eigenvalue weighted by Crippen LogP contribution is -2.21. The Morgan fingerprint density at radius 3 is 2.43 bits per heavy atom. The third-order valence-electron chi connectivity index (χ3n) is 5.02. The number of benzene rings is 2. The van der Waals surface area contributed by atoms with Gasteiger partial charge in [0.1, 0.15) is 11.6 Å². The minimum absolute atomic E-state index is 0.0695. The number of ether oxygens (including phenoxy) is 1. The van der Waals surface area contributed by atoms with Crippen molar-refractivity contribution in [1.82, 2.24) is 9.13 Å². The van der Waals surface area contributed by atoms with Gasteiger partial charge in [-0.25, -0.2) is 4.79 Å². The Kier molecular flexibility index (Phi) is 4.32. The molecule has 9 nitrogen and oxygen atoms in total. The molecule has 0 amide bonds. The number of nitro benzene ring substituents is 1. The molecule has 0 saturated heterocycles. The van der Waals surface area contributed by atoms with Crippen molar-refractivity contribution >= 4 is 33.6 Å². The summed E-state index contributed by atoms with van der Waals surface area (Å²) in [6.07, 6.45) is 0. The van der Waals surface area contributed by atoms with Gasteiger partial charge in [0.25, 0.3) is 11.2 Å². The van der Waals surface area contributed by atoms with Crippen LogP contribution in [0.5, 0.6) is 0 Å². The van der Waals surface area contributed by atoms with Crippen molar-refractivity contribution in [3.05, 3.63) is 80.1 Å². The Hall–Kier alpha value is -4.45. The topological polar surface area (TPSA) is 120 Å². The lowest BCUT2D eigenvalue weighted by molar-refractivity contribution is -0.384. The molecule has 30 heavy (non-hydrogen) atoms. The van der Waals surface area contributed by atoms with E-state index in [2.05, 4.69) is 0 Å². The van der Waals surface area contributed by atoms with Gasteiger partial charge in [-0.1, -0.05) is 0 Å². The average molecular weight is 402 g/mol. The van der Waals surface area contributed by atoms with Crippen LogP contribution in [0, 0.1) is 21.4 Å². The molecule has 0 saturated carbocycles. The van der Waals surface area contributed by atoms with E-state index in [0.717, 1.165) is 5.52 Å². The van der Waals surface area contributed by atoms with Crippen molar-refractivity contribution in [2.24, 2.45) is 7.05 Å². The summed E-state index contributed by atoms with van der Waals surface area (Å²) in [5.41, 5.74) is 1.74. The summed E-state index contributed by atoms with van der Waals surface area (Å²) in [4.78, 5) is 35.5. The monoisotopic (exact) mass is 402 g/mol. The van der Waals surface area contributed by atoms with E-state index in [1.807, 2.05) is 10.6 Å². The fourth-order valence-corrected chi connectivity index (χ4v) is 3.56. The van der Waals surface area contributed by atoms with Crippen molar-refractivity contribution in [1.29, 1.82) is 5.26 Å². The Balaban J connectivity index is 2.16. The number of hydrogen-bond acceptors (Lipinski definition) is 6. The number of pyridine rings is 1. The SMILES string of the molecule is COC(=O)c1ccc2c(c1)c1c(cc(C#N)c(=O)n1-c1ccc([N+](=O)[O-])cc1)n2C. The minimum Gasteiger partial charge on any atom is -0.465 e. The molecule has 2 aromatic carbocycles. The summed E-state index contributed by atoms with van der Waals surface area (Å²) in [6, 6.07) is 13.9. The lowest BCUT2D eigenvalue weighted by Gasteiger charge is -2.10. The summed E-state index contributed by atoms with van der Waals surface area (Å²) in [5, 5.41) is 21.0. The number of nitrogens with zero attached hydrogens (tertiary/aromatic N) is 4. The van der Waals surface area contributed by atoms with E-state index in [-0.39, 0.29) is 11.3 Å². The summed E-state index contributed by atoms with van der Waals surface area (Å²) in [7, 11) is 3.07. The Morgan fingerprint density at radius 1 is 1.13 bits per heavy atom. The second-order valence-electron chi connectivity index (χ2n) is 6.60. The molecule has 2 aromatic heterocycles. The first-order valence-corrected chi connectivity index (χ1v) is 8.78. The van der Waals surface area contributed by atoms with Crippen LogP contribution in [0.2, 0.25) is 0 Å². The van der Waals surface area contributed by atoms with Crippen molar-refractivity contribution in [2.45, 2.75) is 0 Å². The first-order chi connectivity index (χ1) is 14.4. The van der Waals surface area contributed by atoms with E-state index in [1.165, 1.54) is 42.0 Å². The predicted octanol–water partition coefficient (Wildman–Crippen LogP) is 3.05. The van der Waals surface area contributed by atoms with Crippen LogP contribution >= 0.6 is 0 Å². The molecule has 2 heterocycles. The third-order valence-corrected chi connectivity index (χ3v) is 5.02. The lowest BCUT2D eigenvalue weighted by atomic mass is 10.1. The van der Waals surface area contributed by atoms with Crippen LogP contribution in [-0.4, -0.2) is 27.1 Å². The number of fused-ring (bicyclic) bond motifs is 3. The quantitative estimate of drug-likeness (QED) is 0.295. The van der Waals surface area contributed by atoms with Crippen LogP contribution in [0.3, 0.4) is 0 Å². The van der Waals surface area contributed by atoms with Crippen LogP contribution in [0.15, 0.2) is 53.3 Å². The van der Waals surface area contributed by atoms with Crippen molar-refractivity contribution in [3.8, 4) is 11.8 Å². The molecule has 0 N–H and O–H groups in total. The number of aryl methyl sites for hydroxylation is 1. The molecule has 4 aromatic rings. The van der Waals surface area contributed by atoms with Gasteiger partial charge in [-0.3, -0.25) is 19.5 Å². The van der Waals surface area contributed by atoms with E-state index < -0.39 is 16.5 Å². The second-order valence-corrected chi connectivity index (χ2v) is 6.60. The molecule has 0 spiro atoms. The number of esters is 1. The molecule has 0 aliphatic carbocycles. The minimum atomic E-state index is -0.560. The first-order valence-electron chi connectivity index (χ1n) is 8.78. The van der Waals surface area contributed by atoms with E-state index in [1.54, 1.807) is 25.2 Å². The average Bonchev–Trinajstić information content (AvgIpc) is 3.04. The molecule has 0 aliphatic rings. The molecule has 0 bridgehead atoms. The molecule has 9 heteroatoms. The van der Waals surface area contributed by atoms with Gasteiger partial charge in [0, 0.05) is 30.3 Å². The highest BCUT2D eigenvalue weighted by atomic mass is 16.6. The Labute approximate surface area is 169 Å². The molecule has 148 valence electrons. The molecule has 0 radical (unpaired) electrons. The van der Waals surface area contributed by atoms with Crippen LogP contribution in [0.1, 0.15) is 15.9 Å². The number of non-ortho nitro benzene ring substituents is 1. The predicted molar refractivity (Wildman–Crippen MR) is 109 cm³/mol. The molecule has 0 fully saturated rings. The molecular formula is C21H14N4O5. The zero-order valence-corrected chi connectivity index (χ0v) is 15.9. The molecular weight excluding hydrogens is 388 g/mol. The summed E-state index contributed by atoms with van der Waals surface area (Å²) in [5.74, 6) is -0.521. The van der Waals surface area contributed by atoms with Gasteiger partial charge in [-0.15, -0.1) is 0 Å². The normalized spacial score (nSPS) is 10.8. The standard InChI is InChI=1S/C21H14N4O5/c1-23-17-8-3-12(21(27)30-2)9-16(17)19-18(23)10-13(11-22)20(26)24(19)14-4-6-15(7-5-14)25(28)29/h3-10H,1-2H3. The number of nitriles is 1. The van der Waals surface area contributed by atoms with Gasteiger partial charge in [0.2, 0.25) is 0 Å². The largest absolute Gasteiger partial charge is 0.465 e. The number of hydrogen-bond donors (Lipinski definition) is 0. The summed E-state index contributed by atoms with van der Waals surface area (Å²) >= 11 is 0. The van der Waals surface area contributed by atoms with Gasteiger partial charge in [-0.2, -0.15) is 5.26 Å². The van der Waals surface area contributed by atoms with Gasteiger partial charge in [-0.05, 0) is 36.4 Å². The maximum Gasteiger partial charge on any atom is 0.337 e. The second kappa shape index (κ2) is 6.86. The number of methoxy groups -OCH3 is 1. The van der Waals surface area contributed by atoms with E-state index in [4.69, 9.17) is 4.74 Å². The maximum atomic E-state index is 13.1. The molecule has 0 aliphatic heterocycles. The number of aromatic nitrogens is 2. The highest BCUT2D eigenvalue weighted by Gasteiger charge is 2.19. The van der Waals surface area contributed by atoms with Crippen molar-refractivity contribution in [3.63, 3.8) is 0 Å². The van der Waals surface area contributed by atoms with Crippen LogP contribution in [0.25, 0.3) is 27.6 Å². The Bertz CT molecular complexity index is 1460. The number of carbonyl (C=O) groups excluding carboxylic acids is 1. The van der Waals surface area contributed by atoms with Gasteiger partial charge in [0.05, 0.1) is 34.1 Å². The third kappa shape index (κ3) is 2.70.